The van der Waals surface area contributed by atoms with E-state index in [-0.39, 0.29) is 11.8 Å². The van der Waals surface area contributed by atoms with Gasteiger partial charge in [-0.05, 0) is 36.8 Å². The fraction of sp³-hybridized carbons (Fsp3) is 0.286. The number of aromatic nitrogens is 2. The summed E-state index contributed by atoms with van der Waals surface area (Å²) in [5.41, 5.74) is 2.45. The topological polar surface area (TPSA) is 77.7 Å². The zero-order valence-corrected chi connectivity index (χ0v) is 17.1. The number of carbonyl (C=O) groups is 1. The van der Waals surface area contributed by atoms with Crippen molar-refractivity contribution in [3.8, 4) is 22.9 Å². The van der Waals surface area contributed by atoms with Crippen molar-refractivity contribution in [3.05, 3.63) is 52.9 Å². The van der Waals surface area contributed by atoms with E-state index < -0.39 is 0 Å². The number of anilines is 1. The van der Waals surface area contributed by atoms with Gasteiger partial charge in [0.2, 0.25) is 17.6 Å². The first-order valence-electron chi connectivity index (χ1n) is 9.12. The third kappa shape index (κ3) is 3.78. The monoisotopic (exact) mass is 413 g/mol. The number of hydrogen-bond donors (Lipinski definition) is 0. The number of amides is 1. The van der Waals surface area contributed by atoms with Gasteiger partial charge in [0.05, 0.1) is 20.1 Å². The number of rotatable bonds is 5. The number of hydrogen-bond acceptors (Lipinski definition) is 6. The molecule has 4 rings (SSSR count). The molecule has 1 aromatic heterocycles. The van der Waals surface area contributed by atoms with Crippen LogP contribution in [0.3, 0.4) is 0 Å². The summed E-state index contributed by atoms with van der Waals surface area (Å²) in [5.74, 6) is 1.92. The number of aryl methyl sites for hydroxylation is 1. The second-order valence-electron chi connectivity index (χ2n) is 6.90. The first kappa shape index (κ1) is 19.3. The Morgan fingerprint density at radius 3 is 2.52 bits per heavy atom. The predicted octanol–water partition coefficient (Wildman–Crippen LogP) is 4.24. The molecule has 1 atom stereocenters. The highest BCUT2D eigenvalue weighted by Crippen LogP contribution is 2.34. The average molecular weight is 414 g/mol. The molecule has 3 aromatic rings. The zero-order valence-electron chi connectivity index (χ0n) is 16.3. The van der Waals surface area contributed by atoms with Crippen LogP contribution < -0.4 is 14.4 Å². The van der Waals surface area contributed by atoms with Gasteiger partial charge in [0.1, 0.15) is 11.5 Å². The van der Waals surface area contributed by atoms with Crippen molar-refractivity contribution in [1.82, 2.24) is 10.1 Å². The van der Waals surface area contributed by atoms with Crippen LogP contribution in [0, 0.1) is 6.92 Å². The van der Waals surface area contributed by atoms with E-state index in [0.29, 0.717) is 46.8 Å². The summed E-state index contributed by atoms with van der Waals surface area (Å²) in [6.07, 6.45) is 0.300. The fourth-order valence-corrected chi connectivity index (χ4v) is 3.50. The van der Waals surface area contributed by atoms with Crippen LogP contribution in [0.5, 0.6) is 11.5 Å². The highest BCUT2D eigenvalue weighted by atomic mass is 35.5. The molecule has 29 heavy (non-hydrogen) atoms. The lowest BCUT2D eigenvalue weighted by molar-refractivity contribution is -0.117. The number of ether oxygens (including phenoxy) is 2. The Bertz CT molecular complexity index is 1040. The van der Waals surface area contributed by atoms with Crippen LogP contribution in [0.2, 0.25) is 5.02 Å². The molecular formula is C21H20ClN3O4. The van der Waals surface area contributed by atoms with Gasteiger partial charge in [-0.1, -0.05) is 22.8 Å². The molecule has 1 amide bonds. The van der Waals surface area contributed by atoms with Gasteiger partial charge < -0.3 is 18.9 Å². The minimum absolute atomic E-state index is 0.00211. The Kier molecular flexibility index (Phi) is 5.15. The van der Waals surface area contributed by atoms with Crippen LogP contribution in [-0.2, 0) is 4.79 Å². The molecule has 0 radical (unpaired) electrons. The van der Waals surface area contributed by atoms with Crippen LogP contribution >= 0.6 is 11.6 Å². The van der Waals surface area contributed by atoms with Crippen LogP contribution in [0.25, 0.3) is 11.4 Å². The number of nitrogens with zero attached hydrogens (tertiary/aromatic N) is 3. The van der Waals surface area contributed by atoms with Crippen molar-refractivity contribution >= 4 is 23.2 Å². The summed E-state index contributed by atoms with van der Waals surface area (Å²) in [5, 5.41) is 4.71. The van der Waals surface area contributed by atoms with Crippen molar-refractivity contribution in [2.75, 3.05) is 25.7 Å². The number of methoxy groups -OCH3 is 2. The Hall–Kier alpha value is -3.06. The second kappa shape index (κ2) is 7.75. The quantitative estimate of drug-likeness (QED) is 0.622. The molecule has 1 unspecified atom stereocenters. The van der Waals surface area contributed by atoms with Gasteiger partial charge in [-0.2, -0.15) is 4.98 Å². The van der Waals surface area contributed by atoms with Gasteiger partial charge in [-0.3, -0.25) is 4.79 Å². The largest absolute Gasteiger partial charge is 0.497 e. The van der Waals surface area contributed by atoms with E-state index in [1.54, 1.807) is 43.4 Å². The molecule has 0 aliphatic carbocycles. The molecule has 2 aromatic carbocycles. The Labute approximate surface area is 173 Å². The predicted molar refractivity (Wildman–Crippen MR) is 109 cm³/mol. The van der Waals surface area contributed by atoms with E-state index >= 15 is 0 Å². The van der Waals surface area contributed by atoms with Gasteiger partial charge in [0.25, 0.3) is 0 Å². The Balaban J connectivity index is 1.57. The molecule has 0 bridgehead atoms. The van der Waals surface area contributed by atoms with Gasteiger partial charge in [-0.25, -0.2) is 0 Å². The summed E-state index contributed by atoms with van der Waals surface area (Å²) < 4.78 is 16.1. The van der Waals surface area contributed by atoms with Crippen molar-refractivity contribution in [3.63, 3.8) is 0 Å². The standard InChI is InChI=1S/C21H20ClN3O4/c1-12-4-5-15(9-18(12)22)25-11-14(8-19(25)26)21-23-20(24-29-21)13-6-16(27-2)10-17(7-13)28-3/h4-7,9-10,14H,8,11H2,1-3H3. The van der Waals surface area contributed by atoms with Crippen molar-refractivity contribution < 1.29 is 18.8 Å². The molecule has 0 spiro atoms. The van der Waals surface area contributed by atoms with E-state index in [9.17, 15) is 4.79 Å². The minimum atomic E-state index is -0.184. The molecule has 8 heteroatoms. The molecule has 1 saturated heterocycles. The summed E-state index contributed by atoms with van der Waals surface area (Å²) >= 11 is 6.21. The molecule has 2 heterocycles. The van der Waals surface area contributed by atoms with Gasteiger partial charge in [-0.15, -0.1) is 0 Å². The summed E-state index contributed by atoms with van der Waals surface area (Å²) in [6, 6.07) is 11.0. The summed E-state index contributed by atoms with van der Waals surface area (Å²) in [6.45, 7) is 2.38. The molecular weight excluding hydrogens is 394 g/mol. The normalized spacial score (nSPS) is 16.3. The summed E-state index contributed by atoms with van der Waals surface area (Å²) in [4.78, 5) is 18.8. The van der Waals surface area contributed by atoms with E-state index in [4.69, 9.17) is 25.6 Å². The second-order valence-corrected chi connectivity index (χ2v) is 7.30. The maximum Gasteiger partial charge on any atom is 0.232 e. The lowest BCUT2D eigenvalue weighted by Crippen LogP contribution is -2.24. The third-order valence-corrected chi connectivity index (χ3v) is 5.40. The van der Waals surface area contributed by atoms with E-state index in [2.05, 4.69) is 10.1 Å². The highest BCUT2D eigenvalue weighted by Gasteiger charge is 2.35. The Morgan fingerprint density at radius 2 is 1.86 bits per heavy atom. The maximum atomic E-state index is 12.6. The molecule has 150 valence electrons. The lowest BCUT2D eigenvalue weighted by atomic mass is 10.1. The van der Waals surface area contributed by atoms with E-state index in [0.717, 1.165) is 11.3 Å². The lowest BCUT2D eigenvalue weighted by Gasteiger charge is -2.17. The van der Waals surface area contributed by atoms with E-state index in [1.165, 1.54) is 0 Å². The van der Waals surface area contributed by atoms with Crippen LogP contribution in [0.4, 0.5) is 5.69 Å². The van der Waals surface area contributed by atoms with Gasteiger partial charge in [0, 0.05) is 35.3 Å². The molecule has 0 N–H and O–H groups in total. The van der Waals surface area contributed by atoms with Crippen LogP contribution in [0.15, 0.2) is 40.9 Å². The van der Waals surface area contributed by atoms with E-state index in [1.807, 2.05) is 19.1 Å². The van der Waals surface area contributed by atoms with Crippen molar-refractivity contribution in [2.45, 2.75) is 19.3 Å². The summed E-state index contributed by atoms with van der Waals surface area (Å²) in [7, 11) is 3.16. The smallest absolute Gasteiger partial charge is 0.232 e. The molecule has 1 aliphatic rings. The highest BCUT2D eigenvalue weighted by molar-refractivity contribution is 6.31. The Morgan fingerprint density at radius 1 is 1.14 bits per heavy atom. The number of halogens is 1. The molecule has 1 aliphatic heterocycles. The SMILES string of the molecule is COc1cc(OC)cc(-c2noc(C3CC(=O)N(c4ccc(C)c(Cl)c4)C3)n2)c1. The van der Waals surface area contributed by atoms with Gasteiger partial charge in [0.15, 0.2) is 0 Å². The first-order valence-corrected chi connectivity index (χ1v) is 9.50. The van der Waals surface area contributed by atoms with Crippen LogP contribution in [0.1, 0.15) is 23.8 Å². The number of benzene rings is 2. The molecule has 0 saturated carbocycles. The third-order valence-electron chi connectivity index (χ3n) is 4.99. The van der Waals surface area contributed by atoms with Crippen LogP contribution in [-0.4, -0.2) is 36.8 Å². The molecule has 7 nitrogen and oxygen atoms in total. The first-order chi connectivity index (χ1) is 14.0. The maximum absolute atomic E-state index is 12.6. The minimum Gasteiger partial charge on any atom is -0.497 e. The molecule has 1 fully saturated rings. The average Bonchev–Trinajstić information content (AvgIpc) is 3.36. The van der Waals surface area contributed by atoms with Crippen molar-refractivity contribution in [2.24, 2.45) is 0 Å². The fourth-order valence-electron chi connectivity index (χ4n) is 3.33. The van der Waals surface area contributed by atoms with Crippen molar-refractivity contribution in [1.29, 1.82) is 0 Å². The number of carbonyl (C=O) groups excluding carboxylic acids is 1. The van der Waals surface area contributed by atoms with Gasteiger partial charge >= 0.3 is 0 Å². The zero-order chi connectivity index (χ0) is 20.5.